The van der Waals surface area contributed by atoms with Crippen LogP contribution in [0.2, 0.25) is 0 Å². The second kappa shape index (κ2) is 6.12. The molecule has 0 N–H and O–H groups in total. The molecule has 4 rings (SSSR count). The maximum absolute atomic E-state index is 4.75. The zero-order valence-corrected chi connectivity index (χ0v) is 12.7. The molecule has 1 saturated heterocycles. The van der Waals surface area contributed by atoms with Gasteiger partial charge in [-0.2, -0.15) is 0 Å². The molecule has 1 aliphatic heterocycles. The third-order valence-electron chi connectivity index (χ3n) is 4.16. The van der Waals surface area contributed by atoms with Gasteiger partial charge >= 0.3 is 0 Å². The van der Waals surface area contributed by atoms with Crippen molar-refractivity contribution in [3.05, 3.63) is 55.3 Å². The molecule has 0 radical (unpaired) electrons. The Morgan fingerprint density at radius 2 is 1.78 bits per heavy atom. The van der Waals surface area contributed by atoms with Crippen LogP contribution in [-0.4, -0.2) is 42.6 Å². The predicted octanol–water partition coefficient (Wildman–Crippen LogP) is 1.84. The third kappa shape index (κ3) is 2.90. The highest BCUT2D eigenvalue weighted by Gasteiger charge is 2.23. The van der Waals surface area contributed by atoms with Gasteiger partial charge in [0.25, 0.3) is 0 Å². The summed E-state index contributed by atoms with van der Waals surface area (Å²) in [5.74, 6) is 2.05. The molecule has 116 valence electrons. The summed E-state index contributed by atoms with van der Waals surface area (Å²) in [6.07, 6.45) is 14.6. The Labute approximate surface area is 134 Å². The minimum Gasteiger partial charge on any atom is -0.341 e. The number of aromatic nitrogens is 6. The molecule has 1 fully saturated rings. The van der Waals surface area contributed by atoms with Gasteiger partial charge < -0.3 is 4.90 Å². The molecule has 0 amide bonds. The number of hydrogen-bond donors (Lipinski definition) is 0. The van der Waals surface area contributed by atoms with E-state index in [2.05, 4.69) is 24.8 Å². The Bertz CT molecular complexity index is 749. The van der Waals surface area contributed by atoms with Gasteiger partial charge in [-0.1, -0.05) is 0 Å². The smallest absolute Gasteiger partial charge is 0.225 e. The van der Waals surface area contributed by atoms with Crippen LogP contribution in [0.3, 0.4) is 0 Å². The molecular weight excluding hydrogens is 290 g/mol. The monoisotopic (exact) mass is 307 g/mol. The molecule has 7 nitrogen and oxygen atoms in total. The fourth-order valence-electron chi connectivity index (χ4n) is 2.92. The summed E-state index contributed by atoms with van der Waals surface area (Å²) in [5, 5.41) is 0. The van der Waals surface area contributed by atoms with Gasteiger partial charge in [0.2, 0.25) is 5.95 Å². The predicted molar refractivity (Wildman–Crippen MR) is 85.4 cm³/mol. The largest absolute Gasteiger partial charge is 0.341 e. The maximum Gasteiger partial charge on any atom is 0.225 e. The lowest BCUT2D eigenvalue weighted by molar-refractivity contribution is 0.489. The van der Waals surface area contributed by atoms with Crippen LogP contribution in [0.25, 0.3) is 5.82 Å². The van der Waals surface area contributed by atoms with Gasteiger partial charge in [0, 0.05) is 50.0 Å². The number of piperidine rings is 1. The van der Waals surface area contributed by atoms with Crippen molar-refractivity contribution in [2.24, 2.45) is 0 Å². The molecule has 4 heterocycles. The van der Waals surface area contributed by atoms with E-state index in [1.54, 1.807) is 31.1 Å². The normalized spacial score (nSPS) is 15.7. The summed E-state index contributed by atoms with van der Waals surface area (Å²) in [4.78, 5) is 24.0. The summed E-state index contributed by atoms with van der Waals surface area (Å²) in [6, 6.07) is 1.84. The van der Waals surface area contributed by atoms with E-state index >= 15 is 0 Å². The maximum atomic E-state index is 4.75. The summed E-state index contributed by atoms with van der Waals surface area (Å²) >= 11 is 0. The third-order valence-corrected chi connectivity index (χ3v) is 4.16. The molecule has 0 aliphatic carbocycles. The summed E-state index contributed by atoms with van der Waals surface area (Å²) < 4.78 is 1.88. The molecule has 0 bridgehead atoms. The Morgan fingerprint density at radius 3 is 2.52 bits per heavy atom. The van der Waals surface area contributed by atoms with Crippen molar-refractivity contribution in [2.45, 2.75) is 18.8 Å². The van der Waals surface area contributed by atoms with Gasteiger partial charge in [-0.3, -0.25) is 9.55 Å². The van der Waals surface area contributed by atoms with E-state index < -0.39 is 0 Å². The highest BCUT2D eigenvalue weighted by atomic mass is 15.2. The van der Waals surface area contributed by atoms with Crippen LogP contribution in [0.1, 0.15) is 24.5 Å². The number of anilines is 1. The summed E-state index contributed by atoms with van der Waals surface area (Å²) in [6.45, 7) is 1.87. The Balaban J connectivity index is 1.47. The van der Waals surface area contributed by atoms with E-state index in [0.717, 1.165) is 43.4 Å². The SMILES string of the molecule is c1cnc(N2CCC(c3cncc(-n4ccnc4)n3)CC2)nc1. The fraction of sp³-hybridized carbons (Fsp3) is 0.312. The lowest BCUT2D eigenvalue weighted by Gasteiger charge is -2.31. The van der Waals surface area contributed by atoms with Gasteiger partial charge in [-0.25, -0.2) is 19.9 Å². The van der Waals surface area contributed by atoms with Gasteiger partial charge in [0.05, 0.1) is 11.9 Å². The first-order chi connectivity index (χ1) is 11.4. The zero-order chi connectivity index (χ0) is 15.5. The summed E-state index contributed by atoms with van der Waals surface area (Å²) in [5.41, 5.74) is 1.05. The van der Waals surface area contributed by atoms with E-state index in [-0.39, 0.29) is 0 Å². The molecule has 0 atom stereocenters. The van der Waals surface area contributed by atoms with Crippen LogP contribution in [0, 0.1) is 0 Å². The molecule has 1 aliphatic rings. The molecule has 0 aromatic carbocycles. The number of imidazole rings is 1. The lowest BCUT2D eigenvalue weighted by Crippen LogP contribution is -2.34. The molecule has 0 saturated carbocycles. The van der Waals surface area contributed by atoms with Crippen molar-refractivity contribution >= 4 is 5.95 Å². The molecule has 23 heavy (non-hydrogen) atoms. The van der Waals surface area contributed by atoms with Gasteiger partial charge in [-0.15, -0.1) is 0 Å². The van der Waals surface area contributed by atoms with Crippen molar-refractivity contribution in [3.8, 4) is 5.82 Å². The van der Waals surface area contributed by atoms with E-state index in [9.17, 15) is 0 Å². The molecule has 3 aromatic rings. The average molecular weight is 307 g/mol. The number of rotatable bonds is 3. The van der Waals surface area contributed by atoms with Crippen LogP contribution in [0.15, 0.2) is 49.6 Å². The fourth-order valence-corrected chi connectivity index (χ4v) is 2.92. The minimum atomic E-state index is 0.422. The first-order valence-corrected chi connectivity index (χ1v) is 7.72. The van der Waals surface area contributed by atoms with Crippen molar-refractivity contribution in [1.29, 1.82) is 0 Å². The van der Waals surface area contributed by atoms with Crippen molar-refractivity contribution < 1.29 is 0 Å². The number of nitrogens with zero attached hydrogens (tertiary/aromatic N) is 7. The van der Waals surface area contributed by atoms with Crippen LogP contribution in [0.4, 0.5) is 5.95 Å². The van der Waals surface area contributed by atoms with Gasteiger partial charge in [0.15, 0.2) is 5.82 Å². The lowest BCUT2D eigenvalue weighted by atomic mass is 9.94. The second-order valence-corrected chi connectivity index (χ2v) is 5.58. The van der Waals surface area contributed by atoms with E-state index in [1.807, 2.05) is 23.0 Å². The number of hydrogen-bond acceptors (Lipinski definition) is 6. The van der Waals surface area contributed by atoms with E-state index in [4.69, 9.17) is 4.98 Å². The molecule has 7 heteroatoms. The topological polar surface area (TPSA) is 72.6 Å². The van der Waals surface area contributed by atoms with Crippen molar-refractivity contribution in [2.75, 3.05) is 18.0 Å². The zero-order valence-electron chi connectivity index (χ0n) is 12.7. The van der Waals surface area contributed by atoms with Gasteiger partial charge in [-0.05, 0) is 18.9 Å². The van der Waals surface area contributed by atoms with Crippen molar-refractivity contribution in [3.63, 3.8) is 0 Å². The molecule has 3 aromatic heterocycles. The Kier molecular flexibility index (Phi) is 3.67. The van der Waals surface area contributed by atoms with Crippen LogP contribution < -0.4 is 4.90 Å². The first-order valence-electron chi connectivity index (χ1n) is 7.72. The second-order valence-electron chi connectivity index (χ2n) is 5.58. The average Bonchev–Trinajstić information content (AvgIpc) is 3.18. The van der Waals surface area contributed by atoms with E-state index in [1.165, 1.54) is 0 Å². The first kappa shape index (κ1) is 13.8. The molecule has 0 spiro atoms. The van der Waals surface area contributed by atoms with Crippen LogP contribution in [0.5, 0.6) is 0 Å². The highest BCUT2D eigenvalue weighted by Crippen LogP contribution is 2.28. The van der Waals surface area contributed by atoms with E-state index in [0.29, 0.717) is 5.92 Å². The Hall–Kier alpha value is -2.83. The molecular formula is C16H17N7. The van der Waals surface area contributed by atoms with Gasteiger partial charge in [0.1, 0.15) is 6.33 Å². The standard InChI is InChI=1S/C16H17N7/c1-4-19-16(20-5-1)22-7-2-13(3-8-22)14-10-18-11-15(21-14)23-9-6-17-12-23/h1,4-6,9-13H,2-3,7-8H2. The van der Waals surface area contributed by atoms with Crippen LogP contribution in [-0.2, 0) is 0 Å². The van der Waals surface area contributed by atoms with Crippen LogP contribution >= 0.6 is 0 Å². The van der Waals surface area contributed by atoms with Crippen molar-refractivity contribution in [1.82, 2.24) is 29.5 Å². The Morgan fingerprint density at radius 1 is 0.957 bits per heavy atom. The minimum absolute atomic E-state index is 0.422. The highest BCUT2D eigenvalue weighted by molar-refractivity contribution is 5.30. The summed E-state index contributed by atoms with van der Waals surface area (Å²) in [7, 11) is 0. The quantitative estimate of drug-likeness (QED) is 0.735. The molecule has 0 unspecified atom stereocenters.